The van der Waals surface area contributed by atoms with Crippen LogP contribution in [0.1, 0.15) is 36.8 Å². The van der Waals surface area contributed by atoms with Crippen molar-refractivity contribution < 1.29 is 9.59 Å². The smallest absolute Gasteiger partial charge is 0.247 e. The van der Waals surface area contributed by atoms with E-state index in [1.54, 1.807) is 24.5 Å². The molecule has 2 N–H and O–H groups in total. The molecule has 0 aliphatic rings. The standard InChI is InChI=1S/C15H18N6O2S/c1-2-3-4-12(22)18-15-21-20-14(24-15)9-13(23)19-17-10-11-5-7-16-8-6-11/h5-8,10H,2-4,9H2,1H3,(H,19,23)(H,18,21,22)/b17-10-. The van der Waals surface area contributed by atoms with Crippen LogP contribution in [0.4, 0.5) is 5.13 Å². The van der Waals surface area contributed by atoms with Gasteiger partial charge in [-0.05, 0) is 24.1 Å². The van der Waals surface area contributed by atoms with Gasteiger partial charge in [-0.2, -0.15) is 5.10 Å². The molecule has 0 saturated heterocycles. The second-order valence-electron chi connectivity index (χ2n) is 4.90. The Morgan fingerprint density at radius 3 is 2.79 bits per heavy atom. The van der Waals surface area contributed by atoms with Gasteiger partial charge in [0, 0.05) is 18.8 Å². The molecule has 0 fully saturated rings. The van der Waals surface area contributed by atoms with E-state index in [1.807, 2.05) is 6.92 Å². The molecule has 0 bridgehead atoms. The van der Waals surface area contributed by atoms with Gasteiger partial charge in [0.15, 0.2) is 0 Å². The fraction of sp³-hybridized carbons (Fsp3) is 0.333. The van der Waals surface area contributed by atoms with Crippen molar-refractivity contribution in [3.8, 4) is 0 Å². The fourth-order valence-electron chi connectivity index (χ4n) is 1.70. The fourth-order valence-corrected chi connectivity index (χ4v) is 2.45. The van der Waals surface area contributed by atoms with E-state index >= 15 is 0 Å². The average Bonchev–Trinajstić information content (AvgIpc) is 3.00. The summed E-state index contributed by atoms with van der Waals surface area (Å²) in [5.74, 6) is -0.397. The molecule has 24 heavy (non-hydrogen) atoms. The first kappa shape index (κ1) is 17.7. The van der Waals surface area contributed by atoms with Crippen molar-refractivity contribution in [2.75, 3.05) is 5.32 Å². The predicted molar refractivity (Wildman–Crippen MR) is 91.7 cm³/mol. The molecule has 2 amide bonds. The molecule has 2 aromatic heterocycles. The lowest BCUT2D eigenvalue weighted by molar-refractivity contribution is -0.120. The number of carbonyl (C=O) groups is 2. The number of rotatable bonds is 8. The van der Waals surface area contributed by atoms with Gasteiger partial charge >= 0.3 is 0 Å². The summed E-state index contributed by atoms with van der Waals surface area (Å²) >= 11 is 1.18. The minimum atomic E-state index is -0.305. The van der Waals surface area contributed by atoms with Gasteiger partial charge in [0.2, 0.25) is 16.9 Å². The lowest BCUT2D eigenvalue weighted by atomic mass is 10.2. The number of hydrazone groups is 1. The summed E-state index contributed by atoms with van der Waals surface area (Å²) in [6.45, 7) is 2.02. The van der Waals surface area contributed by atoms with Gasteiger partial charge in [0.05, 0.1) is 12.6 Å². The molecule has 2 heterocycles. The number of nitrogens with zero attached hydrogens (tertiary/aromatic N) is 4. The number of anilines is 1. The topological polar surface area (TPSA) is 109 Å². The van der Waals surface area contributed by atoms with E-state index in [1.165, 1.54) is 17.6 Å². The van der Waals surface area contributed by atoms with Gasteiger partial charge in [0.1, 0.15) is 5.01 Å². The van der Waals surface area contributed by atoms with Crippen molar-refractivity contribution in [2.45, 2.75) is 32.6 Å². The third kappa shape index (κ3) is 6.21. The van der Waals surface area contributed by atoms with Crippen LogP contribution in [-0.2, 0) is 16.0 Å². The van der Waals surface area contributed by atoms with Crippen LogP contribution < -0.4 is 10.7 Å². The number of nitrogens with one attached hydrogen (secondary N) is 2. The zero-order valence-corrected chi connectivity index (χ0v) is 14.0. The van der Waals surface area contributed by atoms with Crippen LogP contribution in [0.2, 0.25) is 0 Å². The molecule has 126 valence electrons. The van der Waals surface area contributed by atoms with Crippen LogP contribution in [0.15, 0.2) is 29.6 Å². The number of amides is 2. The Kier molecular flexibility index (Phi) is 6.96. The first-order valence-electron chi connectivity index (χ1n) is 7.51. The van der Waals surface area contributed by atoms with Crippen LogP contribution in [0.3, 0.4) is 0 Å². The van der Waals surface area contributed by atoms with Gasteiger partial charge in [0.25, 0.3) is 0 Å². The van der Waals surface area contributed by atoms with Gasteiger partial charge in [-0.3, -0.25) is 14.6 Å². The van der Waals surface area contributed by atoms with Crippen LogP contribution in [0.25, 0.3) is 0 Å². The van der Waals surface area contributed by atoms with Gasteiger partial charge in [-0.15, -0.1) is 10.2 Å². The lowest BCUT2D eigenvalue weighted by Gasteiger charge is -1.98. The number of hydrogen-bond acceptors (Lipinski definition) is 7. The van der Waals surface area contributed by atoms with Crippen molar-refractivity contribution >= 4 is 34.5 Å². The number of aromatic nitrogens is 3. The molecule has 0 aromatic carbocycles. The maximum Gasteiger partial charge on any atom is 0.247 e. The Morgan fingerprint density at radius 1 is 1.25 bits per heavy atom. The molecule has 0 saturated carbocycles. The average molecular weight is 346 g/mol. The molecule has 0 radical (unpaired) electrons. The highest BCUT2D eigenvalue weighted by atomic mass is 32.1. The van der Waals surface area contributed by atoms with Crippen molar-refractivity contribution in [1.29, 1.82) is 0 Å². The van der Waals surface area contributed by atoms with E-state index in [-0.39, 0.29) is 18.2 Å². The maximum absolute atomic E-state index is 11.8. The van der Waals surface area contributed by atoms with E-state index < -0.39 is 0 Å². The molecule has 2 rings (SSSR count). The van der Waals surface area contributed by atoms with E-state index in [0.29, 0.717) is 16.6 Å². The minimum absolute atomic E-state index is 0.0518. The Bertz CT molecular complexity index is 701. The minimum Gasteiger partial charge on any atom is -0.301 e. The summed E-state index contributed by atoms with van der Waals surface area (Å²) in [4.78, 5) is 27.3. The molecule has 0 unspecified atom stereocenters. The van der Waals surface area contributed by atoms with Crippen molar-refractivity contribution in [2.24, 2.45) is 5.10 Å². The second-order valence-corrected chi connectivity index (χ2v) is 5.97. The zero-order valence-electron chi connectivity index (χ0n) is 13.2. The molecule has 0 spiro atoms. The van der Waals surface area contributed by atoms with Crippen molar-refractivity contribution in [3.63, 3.8) is 0 Å². The summed E-state index contributed by atoms with van der Waals surface area (Å²) in [6.07, 6.45) is 7.09. The summed E-state index contributed by atoms with van der Waals surface area (Å²) in [6, 6.07) is 3.54. The molecule has 0 atom stereocenters. The second kappa shape index (κ2) is 9.46. The summed E-state index contributed by atoms with van der Waals surface area (Å²) in [5, 5.41) is 15.2. The first-order chi connectivity index (χ1) is 11.7. The summed E-state index contributed by atoms with van der Waals surface area (Å²) in [5.41, 5.74) is 3.25. The van der Waals surface area contributed by atoms with Gasteiger partial charge in [-0.1, -0.05) is 24.7 Å². The van der Waals surface area contributed by atoms with Crippen molar-refractivity contribution in [3.05, 3.63) is 35.1 Å². The third-order valence-corrected chi connectivity index (χ3v) is 3.73. The van der Waals surface area contributed by atoms with E-state index in [2.05, 4.69) is 31.0 Å². The zero-order chi connectivity index (χ0) is 17.2. The first-order valence-corrected chi connectivity index (χ1v) is 8.33. The monoisotopic (exact) mass is 346 g/mol. The highest BCUT2D eigenvalue weighted by molar-refractivity contribution is 7.15. The quantitative estimate of drug-likeness (QED) is 0.559. The number of carbonyl (C=O) groups excluding carboxylic acids is 2. The molecule has 2 aromatic rings. The van der Waals surface area contributed by atoms with Crippen LogP contribution in [-0.4, -0.2) is 33.2 Å². The number of unbranched alkanes of at least 4 members (excludes halogenated alkanes) is 1. The van der Waals surface area contributed by atoms with Gasteiger partial charge in [-0.25, -0.2) is 5.43 Å². The van der Waals surface area contributed by atoms with Crippen molar-refractivity contribution in [1.82, 2.24) is 20.6 Å². The molecular formula is C15H18N6O2S. The highest BCUT2D eigenvalue weighted by Crippen LogP contribution is 2.16. The van der Waals surface area contributed by atoms with Crippen LogP contribution in [0.5, 0.6) is 0 Å². The van der Waals surface area contributed by atoms with Gasteiger partial charge < -0.3 is 5.32 Å². The maximum atomic E-state index is 11.8. The largest absolute Gasteiger partial charge is 0.301 e. The molecule has 0 aliphatic carbocycles. The summed E-state index contributed by atoms with van der Waals surface area (Å²) in [7, 11) is 0. The van der Waals surface area contributed by atoms with E-state index in [4.69, 9.17) is 0 Å². The Hall–Kier alpha value is -2.68. The highest BCUT2D eigenvalue weighted by Gasteiger charge is 2.10. The SMILES string of the molecule is CCCCC(=O)Nc1nnc(CC(=O)N/N=C\c2ccncc2)s1. The Balaban J connectivity index is 1.78. The van der Waals surface area contributed by atoms with E-state index in [9.17, 15) is 9.59 Å². The molecular weight excluding hydrogens is 328 g/mol. The molecule has 8 nitrogen and oxygen atoms in total. The molecule has 0 aliphatic heterocycles. The number of hydrogen-bond donors (Lipinski definition) is 2. The predicted octanol–water partition coefficient (Wildman–Crippen LogP) is 1.75. The summed E-state index contributed by atoms with van der Waals surface area (Å²) < 4.78 is 0. The Morgan fingerprint density at radius 2 is 2.04 bits per heavy atom. The third-order valence-electron chi connectivity index (χ3n) is 2.89. The van der Waals surface area contributed by atoms with E-state index in [0.717, 1.165) is 18.4 Å². The lowest BCUT2D eigenvalue weighted by Crippen LogP contribution is -2.19. The van der Waals surface area contributed by atoms with Crippen LogP contribution in [0, 0.1) is 0 Å². The normalized spacial score (nSPS) is 10.7. The number of pyridine rings is 1. The Labute approximate surface area is 143 Å². The van der Waals surface area contributed by atoms with Crippen LogP contribution >= 0.6 is 11.3 Å². The molecule has 9 heteroatoms.